The molecule has 0 aliphatic heterocycles. The highest BCUT2D eigenvalue weighted by atomic mass is 19.4. The van der Waals surface area contributed by atoms with Crippen LogP contribution in [0.15, 0.2) is 17.1 Å². The summed E-state index contributed by atoms with van der Waals surface area (Å²) < 4.78 is 54.1. The van der Waals surface area contributed by atoms with Gasteiger partial charge in [-0.15, -0.1) is 0 Å². The van der Waals surface area contributed by atoms with E-state index in [0.29, 0.717) is 24.1 Å². The summed E-state index contributed by atoms with van der Waals surface area (Å²) >= 11 is 0. The number of halogens is 3. The van der Waals surface area contributed by atoms with Crippen molar-refractivity contribution in [3.63, 3.8) is 0 Å². The van der Waals surface area contributed by atoms with E-state index in [0.717, 1.165) is 19.4 Å². The zero-order valence-electron chi connectivity index (χ0n) is 21.8. The smallest absolute Gasteiger partial charge is 0.423 e. The summed E-state index contributed by atoms with van der Waals surface area (Å²) in [6.07, 6.45) is -0.613. The lowest BCUT2D eigenvalue weighted by atomic mass is 9.74. The largest absolute Gasteiger partial charge is 0.496 e. The summed E-state index contributed by atoms with van der Waals surface area (Å²) in [5, 5.41) is 11.1. The van der Waals surface area contributed by atoms with Gasteiger partial charge < -0.3 is 19.5 Å². The Hall–Kier alpha value is -1.80. The van der Waals surface area contributed by atoms with Crippen molar-refractivity contribution in [1.82, 2.24) is 4.90 Å². The van der Waals surface area contributed by atoms with Gasteiger partial charge in [0.05, 0.1) is 31.8 Å². The molecule has 2 rings (SSSR count). The van der Waals surface area contributed by atoms with Crippen LogP contribution in [-0.2, 0) is 10.3 Å². The van der Waals surface area contributed by atoms with Gasteiger partial charge in [0.15, 0.2) is 0 Å². The first-order valence-corrected chi connectivity index (χ1v) is 11.9. The van der Waals surface area contributed by atoms with E-state index < -0.39 is 18.4 Å². The standard InChI is InChI=1S/C26H41F3N2O3/c1-9-31(7)17-30-21-13-22(33-8)20(12-18(21)2)25(32,26(27,28)29)16-34-19-10-11-23(3,4)15-24(5,6)14-19/h12-13,17,19,32H,9-11,14-16H2,1-8H3. The molecule has 1 aromatic rings. The minimum absolute atomic E-state index is 0.0689. The van der Waals surface area contributed by atoms with Crippen molar-refractivity contribution in [3.8, 4) is 5.75 Å². The van der Waals surface area contributed by atoms with Crippen LogP contribution < -0.4 is 4.74 Å². The Labute approximate surface area is 202 Å². The number of ether oxygens (including phenoxy) is 2. The molecule has 0 bridgehead atoms. The van der Waals surface area contributed by atoms with Crippen LogP contribution in [-0.4, -0.2) is 55.9 Å². The zero-order chi connectivity index (χ0) is 25.9. The molecular formula is C26H41F3N2O3. The van der Waals surface area contributed by atoms with Crippen LogP contribution in [0.2, 0.25) is 0 Å². The fourth-order valence-corrected chi connectivity index (χ4v) is 4.97. The molecule has 1 aliphatic carbocycles. The summed E-state index contributed by atoms with van der Waals surface area (Å²) in [7, 11) is 3.13. The maximum absolute atomic E-state index is 14.3. The summed E-state index contributed by atoms with van der Waals surface area (Å²) in [6, 6.07) is 2.73. The molecule has 0 heterocycles. The molecule has 0 spiro atoms. The van der Waals surface area contributed by atoms with Crippen molar-refractivity contribution < 1.29 is 27.8 Å². The molecule has 1 N–H and O–H groups in total. The number of benzene rings is 1. The van der Waals surface area contributed by atoms with Gasteiger partial charge in [0.2, 0.25) is 5.60 Å². The van der Waals surface area contributed by atoms with Crippen molar-refractivity contribution in [2.24, 2.45) is 15.8 Å². The molecule has 1 fully saturated rings. The molecule has 1 aliphatic rings. The van der Waals surface area contributed by atoms with Crippen LogP contribution >= 0.6 is 0 Å². The van der Waals surface area contributed by atoms with E-state index in [1.165, 1.54) is 19.2 Å². The van der Waals surface area contributed by atoms with Crippen molar-refractivity contribution in [2.75, 3.05) is 27.3 Å². The molecule has 0 aromatic heterocycles. The molecule has 194 valence electrons. The first-order chi connectivity index (χ1) is 15.5. The van der Waals surface area contributed by atoms with Crippen molar-refractivity contribution in [2.45, 2.75) is 85.1 Å². The van der Waals surface area contributed by atoms with Gasteiger partial charge in [-0.1, -0.05) is 27.7 Å². The van der Waals surface area contributed by atoms with Crippen LogP contribution in [0.1, 0.15) is 71.4 Å². The Balaban J connectivity index is 2.39. The number of methoxy groups -OCH3 is 1. The molecule has 0 radical (unpaired) electrons. The molecule has 34 heavy (non-hydrogen) atoms. The van der Waals surface area contributed by atoms with Crippen LogP contribution in [0.25, 0.3) is 0 Å². The third-order valence-corrected chi connectivity index (χ3v) is 6.73. The number of aliphatic imine (C=N–C) groups is 1. The van der Waals surface area contributed by atoms with Gasteiger partial charge in [-0.2, -0.15) is 13.2 Å². The van der Waals surface area contributed by atoms with Crippen LogP contribution in [0.4, 0.5) is 18.9 Å². The number of rotatable bonds is 8. The number of hydrogen-bond acceptors (Lipinski definition) is 4. The van der Waals surface area contributed by atoms with Crippen molar-refractivity contribution in [3.05, 3.63) is 23.3 Å². The Morgan fingerprint density at radius 2 is 1.85 bits per heavy atom. The monoisotopic (exact) mass is 486 g/mol. The SMILES string of the molecule is CCN(C)C=Nc1cc(OC)c(C(O)(COC2CCC(C)(C)CC(C)(C)C2)C(F)(F)F)cc1C. The number of alkyl halides is 3. The summed E-state index contributed by atoms with van der Waals surface area (Å²) in [6.45, 7) is 12.1. The van der Waals surface area contributed by atoms with Crippen molar-refractivity contribution in [1.29, 1.82) is 0 Å². The molecule has 0 saturated heterocycles. The van der Waals surface area contributed by atoms with E-state index in [9.17, 15) is 18.3 Å². The van der Waals surface area contributed by atoms with Gasteiger partial charge in [-0.05, 0) is 62.0 Å². The zero-order valence-corrected chi connectivity index (χ0v) is 21.8. The average Bonchev–Trinajstić information content (AvgIpc) is 2.83. The second-order valence-electron chi connectivity index (χ2n) is 11.2. The molecule has 1 saturated carbocycles. The lowest BCUT2D eigenvalue weighted by Crippen LogP contribution is -2.47. The van der Waals surface area contributed by atoms with Gasteiger partial charge in [-0.3, -0.25) is 0 Å². The summed E-state index contributed by atoms with van der Waals surface area (Å²) in [4.78, 5) is 6.20. The van der Waals surface area contributed by atoms with Crippen molar-refractivity contribution >= 4 is 12.0 Å². The van der Waals surface area contributed by atoms with Crippen LogP contribution in [0.3, 0.4) is 0 Å². The molecule has 0 amide bonds. The van der Waals surface area contributed by atoms with E-state index in [1.54, 1.807) is 13.3 Å². The quantitative estimate of drug-likeness (QED) is 0.263. The lowest BCUT2D eigenvalue weighted by molar-refractivity contribution is -0.286. The van der Waals surface area contributed by atoms with E-state index >= 15 is 0 Å². The lowest BCUT2D eigenvalue weighted by Gasteiger charge is -2.35. The Morgan fingerprint density at radius 1 is 1.21 bits per heavy atom. The second-order valence-corrected chi connectivity index (χ2v) is 11.2. The van der Waals surface area contributed by atoms with E-state index in [2.05, 4.69) is 32.7 Å². The number of hydrogen-bond donors (Lipinski definition) is 1. The predicted octanol–water partition coefficient (Wildman–Crippen LogP) is 6.38. The van der Waals surface area contributed by atoms with Gasteiger partial charge >= 0.3 is 6.18 Å². The Bertz CT molecular complexity index is 868. The third-order valence-electron chi connectivity index (χ3n) is 6.73. The highest BCUT2D eigenvalue weighted by Crippen LogP contribution is 2.47. The molecular weight excluding hydrogens is 445 g/mol. The molecule has 1 aromatic carbocycles. The number of nitrogens with zero attached hydrogens (tertiary/aromatic N) is 2. The number of aliphatic hydroxyl groups is 1. The summed E-state index contributed by atoms with van der Waals surface area (Å²) in [5.41, 5.74) is -2.59. The van der Waals surface area contributed by atoms with Gasteiger partial charge in [0, 0.05) is 25.2 Å². The normalized spacial score (nSPS) is 22.3. The summed E-state index contributed by atoms with van der Waals surface area (Å²) in [5.74, 6) is -0.0809. The van der Waals surface area contributed by atoms with E-state index in [1.807, 2.05) is 18.9 Å². The predicted molar refractivity (Wildman–Crippen MR) is 130 cm³/mol. The fraction of sp³-hybridized carbons (Fsp3) is 0.731. The second kappa shape index (κ2) is 10.4. The van der Waals surface area contributed by atoms with Gasteiger partial charge in [0.1, 0.15) is 5.75 Å². The van der Waals surface area contributed by atoms with Crippen LogP contribution in [0, 0.1) is 17.8 Å². The maximum atomic E-state index is 14.3. The number of aryl methyl sites for hydroxylation is 1. The first-order valence-electron chi connectivity index (χ1n) is 11.9. The highest BCUT2D eigenvalue weighted by Gasteiger charge is 2.57. The van der Waals surface area contributed by atoms with E-state index in [-0.39, 0.29) is 28.2 Å². The molecule has 5 nitrogen and oxygen atoms in total. The van der Waals surface area contributed by atoms with Gasteiger partial charge in [0.25, 0.3) is 0 Å². The Kier molecular flexibility index (Phi) is 8.73. The first kappa shape index (κ1) is 28.4. The molecule has 2 atom stereocenters. The average molecular weight is 487 g/mol. The Morgan fingerprint density at radius 3 is 2.41 bits per heavy atom. The van der Waals surface area contributed by atoms with Gasteiger partial charge in [-0.25, -0.2) is 4.99 Å². The minimum Gasteiger partial charge on any atom is -0.496 e. The third kappa shape index (κ3) is 6.87. The molecule has 8 heteroatoms. The fourth-order valence-electron chi connectivity index (χ4n) is 4.97. The topological polar surface area (TPSA) is 54.3 Å². The molecule has 2 unspecified atom stereocenters. The van der Waals surface area contributed by atoms with E-state index in [4.69, 9.17) is 9.47 Å². The highest BCUT2D eigenvalue weighted by molar-refractivity contribution is 5.65. The minimum atomic E-state index is -4.96. The van der Waals surface area contributed by atoms with Crippen LogP contribution in [0.5, 0.6) is 5.75 Å². The maximum Gasteiger partial charge on any atom is 0.423 e.